The molecule has 5 heteroatoms. The van der Waals surface area contributed by atoms with Crippen LogP contribution < -0.4 is 0 Å². The number of ether oxygens (including phenoxy) is 2. The number of methoxy groups -OCH3 is 1. The third kappa shape index (κ3) is 4.19. The highest BCUT2D eigenvalue weighted by atomic mass is 16.5. The van der Waals surface area contributed by atoms with Crippen molar-refractivity contribution in [1.29, 1.82) is 0 Å². The largest absolute Gasteiger partial charge is 0.465 e. The zero-order valence-corrected chi connectivity index (χ0v) is 11.8. The lowest BCUT2D eigenvalue weighted by Crippen LogP contribution is -2.26. The van der Waals surface area contributed by atoms with E-state index in [1.807, 2.05) is 0 Å². The van der Waals surface area contributed by atoms with Gasteiger partial charge in [-0.2, -0.15) is 0 Å². The third-order valence-corrected chi connectivity index (χ3v) is 2.85. The second-order valence-electron chi connectivity index (χ2n) is 4.31. The average Bonchev–Trinajstić information content (AvgIpc) is 2.44. The van der Waals surface area contributed by atoms with Gasteiger partial charge in [-0.05, 0) is 38.0 Å². The molecule has 1 aromatic rings. The summed E-state index contributed by atoms with van der Waals surface area (Å²) in [7, 11) is 1.30. The standard InChI is InChI=1S/C15H18O5/c1-4-20-15(18)13(10(2)16)9-11-6-5-7-12(8-11)14(17)19-3/h5-8,13H,4,9H2,1-3H3/t13-/m0/s1. The van der Waals surface area contributed by atoms with Crippen molar-refractivity contribution in [3.63, 3.8) is 0 Å². The van der Waals surface area contributed by atoms with Crippen LogP contribution in [0.25, 0.3) is 0 Å². The monoisotopic (exact) mass is 278 g/mol. The molecule has 1 rings (SSSR count). The van der Waals surface area contributed by atoms with Crippen molar-refractivity contribution in [2.45, 2.75) is 20.3 Å². The minimum Gasteiger partial charge on any atom is -0.465 e. The Morgan fingerprint density at radius 3 is 2.50 bits per heavy atom. The van der Waals surface area contributed by atoms with Crippen LogP contribution in [0.3, 0.4) is 0 Å². The van der Waals surface area contributed by atoms with Crippen LogP contribution in [-0.2, 0) is 25.5 Å². The van der Waals surface area contributed by atoms with Crippen LogP contribution in [0.5, 0.6) is 0 Å². The Labute approximate surface area is 117 Å². The fourth-order valence-electron chi connectivity index (χ4n) is 1.81. The van der Waals surface area contributed by atoms with Gasteiger partial charge in [-0.3, -0.25) is 9.59 Å². The van der Waals surface area contributed by atoms with Crippen LogP contribution in [0.1, 0.15) is 29.8 Å². The summed E-state index contributed by atoms with van der Waals surface area (Å²) in [5, 5.41) is 0. The van der Waals surface area contributed by atoms with Crippen LogP contribution in [-0.4, -0.2) is 31.4 Å². The smallest absolute Gasteiger partial charge is 0.337 e. The van der Waals surface area contributed by atoms with Gasteiger partial charge in [0.15, 0.2) is 0 Å². The van der Waals surface area contributed by atoms with Crippen molar-refractivity contribution < 1.29 is 23.9 Å². The molecule has 5 nitrogen and oxygen atoms in total. The van der Waals surface area contributed by atoms with E-state index in [1.54, 1.807) is 31.2 Å². The van der Waals surface area contributed by atoms with Crippen molar-refractivity contribution in [3.8, 4) is 0 Å². The van der Waals surface area contributed by atoms with Gasteiger partial charge in [-0.25, -0.2) is 4.79 Å². The first-order valence-corrected chi connectivity index (χ1v) is 6.34. The predicted molar refractivity (Wildman–Crippen MR) is 72.3 cm³/mol. The SMILES string of the molecule is CCOC(=O)[C@@H](Cc1cccc(C(=O)OC)c1)C(C)=O. The molecule has 1 aromatic carbocycles. The molecule has 0 N–H and O–H groups in total. The molecule has 0 aliphatic rings. The fourth-order valence-corrected chi connectivity index (χ4v) is 1.81. The second kappa shape index (κ2) is 7.43. The zero-order chi connectivity index (χ0) is 15.1. The van der Waals surface area contributed by atoms with Crippen LogP contribution in [0.15, 0.2) is 24.3 Å². The highest BCUT2D eigenvalue weighted by Crippen LogP contribution is 2.14. The first-order chi connectivity index (χ1) is 9.49. The zero-order valence-electron chi connectivity index (χ0n) is 11.8. The molecular formula is C15H18O5. The Balaban J connectivity index is 2.91. The molecule has 0 heterocycles. The molecule has 0 saturated carbocycles. The number of carbonyl (C=O) groups is 3. The van der Waals surface area contributed by atoms with Gasteiger partial charge in [0.05, 0.1) is 19.3 Å². The van der Waals surface area contributed by atoms with E-state index in [0.29, 0.717) is 11.1 Å². The Kier molecular flexibility index (Phi) is 5.90. The van der Waals surface area contributed by atoms with Gasteiger partial charge in [0.2, 0.25) is 0 Å². The van der Waals surface area contributed by atoms with E-state index in [4.69, 9.17) is 4.74 Å². The van der Waals surface area contributed by atoms with Crippen molar-refractivity contribution >= 4 is 17.7 Å². The Morgan fingerprint density at radius 2 is 1.95 bits per heavy atom. The van der Waals surface area contributed by atoms with E-state index < -0.39 is 17.9 Å². The number of hydrogen-bond acceptors (Lipinski definition) is 5. The molecule has 20 heavy (non-hydrogen) atoms. The molecule has 0 aliphatic carbocycles. The average molecular weight is 278 g/mol. The maximum atomic E-state index is 11.7. The molecule has 0 spiro atoms. The van der Waals surface area contributed by atoms with Crippen molar-refractivity contribution in [3.05, 3.63) is 35.4 Å². The number of esters is 2. The summed E-state index contributed by atoms with van der Waals surface area (Å²) in [6.07, 6.45) is 0.207. The highest BCUT2D eigenvalue weighted by molar-refractivity contribution is 5.98. The summed E-state index contributed by atoms with van der Waals surface area (Å²) in [6, 6.07) is 6.66. The number of rotatable bonds is 6. The fraction of sp³-hybridized carbons (Fsp3) is 0.400. The van der Waals surface area contributed by atoms with Gasteiger partial charge in [0.1, 0.15) is 11.7 Å². The molecule has 0 bridgehead atoms. The molecule has 0 radical (unpaired) electrons. The van der Waals surface area contributed by atoms with Gasteiger partial charge in [0.25, 0.3) is 0 Å². The van der Waals surface area contributed by atoms with Gasteiger partial charge >= 0.3 is 11.9 Å². The molecule has 0 amide bonds. The molecule has 0 aliphatic heterocycles. The van der Waals surface area contributed by atoms with Crippen LogP contribution in [0, 0.1) is 5.92 Å². The topological polar surface area (TPSA) is 69.7 Å². The number of benzene rings is 1. The summed E-state index contributed by atoms with van der Waals surface area (Å²) in [5.74, 6) is -2.10. The molecule has 0 unspecified atom stereocenters. The van der Waals surface area contributed by atoms with Gasteiger partial charge in [-0.1, -0.05) is 12.1 Å². The molecular weight excluding hydrogens is 260 g/mol. The summed E-state index contributed by atoms with van der Waals surface area (Å²) < 4.78 is 9.52. The minimum absolute atomic E-state index is 0.207. The number of hydrogen-bond donors (Lipinski definition) is 0. The normalized spacial score (nSPS) is 11.6. The first kappa shape index (κ1) is 15.9. The highest BCUT2D eigenvalue weighted by Gasteiger charge is 2.25. The number of ketones is 1. The maximum absolute atomic E-state index is 11.7. The summed E-state index contributed by atoms with van der Waals surface area (Å²) in [5.41, 5.74) is 1.09. The van der Waals surface area contributed by atoms with Crippen LogP contribution in [0.2, 0.25) is 0 Å². The number of Topliss-reactive ketones (excluding diaryl/α,β-unsaturated/α-hetero) is 1. The maximum Gasteiger partial charge on any atom is 0.337 e. The van der Waals surface area contributed by atoms with Gasteiger partial charge < -0.3 is 9.47 Å². The van der Waals surface area contributed by atoms with Crippen molar-refractivity contribution in [2.75, 3.05) is 13.7 Å². The molecule has 108 valence electrons. The molecule has 0 fully saturated rings. The van der Waals surface area contributed by atoms with Crippen molar-refractivity contribution in [1.82, 2.24) is 0 Å². The Morgan fingerprint density at radius 1 is 1.25 bits per heavy atom. The van der Waals surface area contributed by atoms with Crippen molar-refractivity contribution in [2.24, 2.45) is 5.92 Å². The van der Waals surface area contributed by atoms with Gasteiger partial charge in [0, 0.05) is 0 Å². The lowest BCUT2D eigenvalue weighted by atomic mass is 9.95. The third-order valence-electron chi connectivity index (χ3n) is 2.85. The Bertz CT molecular complexity index is 507. The second-order valence-corrected chi connectivity index (χ2v) is 4.31. The van der Waals surface area contributed by atoms with Crippen LogP contribution >= 0.6 is 0 Å². The van der Waals surface area contributed by atoms with E-state index in [-0.39, 0.29) is 18.8 Å². The molecule has 0 saturated heterocycles. The summed E-state index contributed by atoms with van der Waals surface area (Å²) in [4.78, 5) is 34.7. The van der Waals surface area contributed by atoms with E-state index >= 15 is 0 Å². The van der Waals surface area contributed by atoms with E-state index in [9.17, 15) is 14.4 Å². The van der Waals surface area contributed by atoms with E-state index in [1.165, 1.54) is 14.0 Å². The lowest BCUT2D eigenvalue weighted by molar-refractivity contribution is -0.151. The van der Waals surface area contributed by atoms with E-state index in [0.717, 1.165) is 0 Å². The number of carbonyl (C=O) groups excluding carboxylic acids is 3. The summed E-state index contributed by atoms with van der Waals surface area (Å²) in [6.45, 7) is 3.27. The van der Waals surface area contributed by atoms with Gasteiger partial charge in [-0.15, -0.1) is 0 Å². The minimum atomic E-state index is -0.845. The first-order valence-electron chi connectivity index (χ1n) is 6.34. The lowest BCUT2D eigenvalue weighted by Gasteiger charge is -2.13. The summed E-state index contributed by atoms with van der Waals surface area (Å²) >= 11 is 0. The van der Waals surface area contributed by atoms with Crippen LogP contribution in [0.4, 0.5) is 0 Å². The quantitative estimate of drug-likeness (QED) is 0.586. The molecule has 0 aromatic heterocycles. The van der Waals surface area contributed by atoms with E-state index in [2.05, 4.69) is 4.74 Å². The predicted octanol–water partition coefficient (Wildman–Crippen LogP) is 1.78. The molecule has 1 atom stereocenters. The Hall–Kier alpha value is -2.17.